The molecule has 0 N–H and O–H groups in total. The second-order valence-electron chi connectivity index (χ2n) is 4.45. The third-order valence-electron chi connectivity index (χ3n) is 2.99. The summed E-state index contributed by atoms with van der Waals surface area (Å²) in [6.45, 7) is 0. The predicted molar refractivity (Wildman–Crippen MR) is 88.1 cm³/mol. The van der Waals surface area contributed by atoms with Crippen molar-refractivity contribution in [2.45, 2.75) is 5.03 Å². The van der Waals surface area contributed by atoms with Gasteiger partial charge in [-0.3, -0.25) is 0 Å². The van der Waals surface area contributed by atoms with Crippen molar-refractivity contribution in [2.24, 2.45) is 4.99 Å². The van der Waals surface area contributed by atoms with Crippen LogP contribution < -0.4 is 0 Å². The fraction of sp³-hybridized carbons (Fsp3) is 0.0625. The van der Waals surface area contributed by atoms with Crippen LogP contribution in [0.25, 0.3) is 6.08 Å². The van der Waals surface area contributed by atoms with Gasteiger partial charge >= 0.3 is 5.97 Å². The van der Waals surface area contributed by atoms with E-state index in [0.717, 1.165) is 10.6 Å². The molecule has 6 heteroatoms. The zero-order valence-corrected chi connectivity index (χ0v) is 13.2. The molecule has 2 heterocycles. The van der Waals surface area contributed by atoms with Crippen molar-refractivity contribution in [3.05, 3.63) is 64.4 Å². The van der Waals surface area contributed by atoms with Gasteiger partial charge in [0.15, 0.2) is 5.70 Å². The minimum absolute atomic E-state index is 0.258. The maximum Gasteiger partial charge on any atom is 0.363 e. The number of halogens is 1. The van der Waals surface area contributed by atoms with Crippen molar-refractivity contribution in [1.82, 2.24) is 4.98 Å². The summed E-state index contributed by atoms with van der Waals surface area (Å²) in [5.41, 5.74) is 1.80. The van der Waals surface area contributed by atoms with Gasteiger partial charge in [-0.05, 0) is 42.2 Å². The highest BCUT2D eigenvalue weighted by atomic mass is 35.5. The summed E-state index contributed by atoms with van der Waals surface area (Å²) >= 11 is 7.32. The van der Waals surface area contributed by atoms with Crippen LogP contribution in [0.5, 0.6) is 0 Å². The molecule has 0 unspecified atom stereocenters. The Hall–Kier alpha value is -2.11. The number of thioether (sulfide) groups is 1. The molecule has 2 aromatic rings. The summed E-state index contributed by atoms with van der Waals surface area (Å²) in [5, 5.41) is 1.40. The number of hydrogen-bond donors (Lipinski definition) is 0. The number of hydrogen-bond acceptors (Lipinski definition) is 5. The summed E-state index contributed by atoms with van der Waals surface area (Å²) in [6, 6.07) is 10.8. The summed E-state index contributed by atoms with van der Waals surface area (Å²) in [6.07, 6.45) is 5.27. The minimum atomic E-state index is -0.471. The van der Waals surface area contributed by atoms with E-state index in [1.165, 1.54) is 11.8 Å². The third-order valence-corrected chi connectivity index (χ3v) is 3.95. The fourth-order valence-corrected chi connectivity index (χ4v) is 2.62. The molecule has 0 spiro atoms. The minimum Gasteiger partial charge on any atom is -0.402 e. The van der Waals surface area contributed by atoms with E-state index in [-0.39, 0.29) is 11.6 Å². The van der Waals surface area contributed by atoms with E-state index < -0.39 is 5.97 Å². The highest BCUT2D eigenvalue weighted by Gasteiger charge is 2.25. The third kappa shape index (κ3) is 3.05. The van der Waals surface area contributed by atoms with Crippen molar-refractivity contribution < 1.29 is 9.53 Å². The molecule has 0 atom stereocenters. The predicted octanol–water partition coefficient (Wildman–Crippen LogP) is 3.80. The molecule has 0 fully saturated rings. The Bertz CT molecular complexity index is 785. The van der Waals surface area contributed by atoms with Crippen LogP contribution in [0.3, 0.4) is 0 Å². The number of cyclic esters (lactones) is 1. The molecule has 0 saturated carbocycles. The molecule has 0 amide bonds. The average Bonchev–Trinajstić information content (AvgIpc) is 2.90. The van der Waals surface area contributed by atoms with Gasteiger partial charge in [-0.2, -0.15) is 0 Å². The first-order valence-electron chi connectivity index (χ1n) is 6.45. The van der Waals surface area contributed by atoms with Crippen molar-refractivity contribution in [2.75, 3.05) is 6.26 Å². The molecule has 0 radical (unpaired) electrons. The number of pyridine rings is 1. The van der Waals surface area contributed by atoms with Gasteiger partial charge in [0, 0.05) is 11.2 Å². The molecule has 1 aromatic carbocycles. The molecule has 0 bridgehead atoms. The monoisotopic (exact) mass is 330 g/mol. The highest BCUT2D eigenvalue weighted by Crippen LogP contribution is 2.24. The van der Waals surface area contributed by atoms with E-state index in [2.05, 4.69) is 9.98 Å². The van der Waals surface area contributed by atoms with Crippen LogP contribution in [0.2, 0.25) is 5.02 Å². The molecule has 1 aliphatic heterocycles. The standard InChI is InChI=1S/C16H11ClN2O2S/c1-22-15-12(3-2-8-18-15)14-19-13(16(20)21-14)9-10-4-6-11(17)7-5-10/h2-9H,1H3. The Kier molecular flexibility index (Phi) is 4.27. The number of benzene rings is 1. The van der Waals surface area contributed by atoms with Crippen LogP contribution in [0, 0.1) is 0 Å². The number of aromatic nitrogens is 1. The van der Waals surface area contributed by atoms with Crippen molar-refractivity contribution in [1.29, 1.82) is 0 Å². The Balaban J connectivity index is 1.96. The summed E-state index contributed by atoms with van der Waals surface area (Å²) in [7, 11) is 0. The maximum atomic E-state index is 12.0. The number of carbonyl (C=O) groups excluding carboxylic acids is 1. The van der Waals surface area contributed by atoms with Crippen LogP contribution in [0.15, 0.2) is 58.3 Å². The molecule has 110 valence electrons. The Morgan fingerprint density at radius 1 is 1.23 bits per heavy atom. The van der Waals surface area contributed by atoms with E-state index in [1.54, 1.807) is 30.5 Å². The average molecular weight is 331 g/mol. The number of esters is 1. The first kappa shape index (κ1) is 14.8. The van der Waals surface area contributed by atoms with Crippen LogP contribution in [-0.4, -0.2) is 23.1 Å². The van der Waals surface area contributed by atoms with E-state index in [0.29, 0.717) is 10.6 Å². The Morgan fingerprint density at radius 3 is 2.73 bits per heavy atom. The van der Waals surface area contributed by atoms with Gasteiger partial charge in [0.1, 0.15) is 5.03 Å². The van der Waals surface area contributed by atoms with Crippen LogP contribution >= 0.6 is 23.4 Å². The largest absolute Gasteiger partial charge is 0.402 e. The van der Waals surface area contributed by atoms with Crippen molar-refractivity contribution in [3.8, 4) is 0 Å². The molecular formula is C16H11ClN2O2S. The Morgan fingerprint density at radius 2 is 2.00 bits per heavy atom. The van der Waals surface area contributed by atoms with Gasteiger partial charge in [-0.1, -0.05) is 23.7 Å². The second kappa shape index (κ2) is 6.34. The lowest BCUT2D eigenvalue weighted by molar-refractivity contribution is -0.129. The smallest absolute Gasteiger partial charge is 0.363 e. The van der Waals surface area contributed by atoms with E-state index in [9.17, 15) is 4.79 Å². The molecule has 3 rings (SSSR count). The molecule has 0 aliphatic carbocycles. The second-order valence-corrected chi connectivity index (χ2v) is 5.68. The number of ether oxygens (including phenoxy) is 1. The Labute approximate surface area is 136 Å². The quantitative estimate of drug-likeness (QED) is 0.488. The van der Waals surface area contributed by atoms with Crippen LogP contribution in [0.1, 0.15) is 11.1 Å². The molecule has 4 nitrogen and oxygen atoms in total. The van der Waals surface area contributed by atoms with Gasteiger partial charge in [-0.15, -0.1) is 11.8 Å². The number of aliphatic imine (C=N–C) groups is 1. The zero-order valence-electron chi connectivity index (χ0n) is 11.6. The number of carbonyl (C=O) groups is 1. The number of rotatable bonds is 3. The lowest BCUT2D eigenvalue weighted by atomic mass is 10.2. The lowest BCUT2D eigenvalue weighted by Gasteiger charge is -2.03. The van der Waals surface area contributed by atoms with Crippen LogP contribution in [-0.2, 0) is 9.53 Å². The normalized spacial score (nSPS) is 15.8. The first-order chi connectivity index (χ1) is 10.7. The topological polar surface area (TPSA) is 51.5 Å². The molecule has 1 aromatic heterocycles. The van der Waals surface area contributed by atoms with Gasteiger partial charge in [0.2, 0.25) is 5.90 Å². The van der Waals surface area contributed by atoms with Gasteiger partial charge < -0.3 is 4.74 Å². The summed E-state index contributed by atoms with van der Waals surface area (Å²) < 4.78 is 5.26. The van der Waals surface area contributed by atoms with E-state index in [1.807, 2.05) is 24.5 Å². The van der Waals surface area contributed by atoms with Crippen molar-refractivity contribution >= 4 is 41.3 Å². The van der Waals surface area contributed by atoms with E-state index >= 15 is 0 Å². The zero-order chi connectivity index (χ0) is 15.5. The maximum absolute atomic E-state index is 12.0. The number of nitrogens with zero attached hydrogens (tertiary/aromatic N) is 2. The molecule has 1 aliphatic rings. The fourth-order valence-electron chi connectivity index (χ4n) is 1.96. The summed E-state index contributed by atoms with van der Waals surface area (Å²) in [4.78, 5) is 20.5. The lowest BCUT2D eigenvalue weighted by Crippen LogP contribution is -2.07. The van der Waals surface area contributed by atoms with Gasteiger partial charge in [-0.25, -0.2) is 14.8 Å². The van der Waals surface area contributed by atoms with Crippen molar-refractivity contribution in [3.63, 3.8) is 0 Å². The molecule has 22 heavy (non-hydrogen) atoms. The van der Waals surface area contributed by atoms with Gasteiger partial charge in [0.05, 0.1) is 5.56 Å². The highest BCUT2D eigenvalue weighted by molar-refractivity contribution is 7.98. The SMILES string of the molecule is CSc1ncccc1C1=NC(=Cc2ccc(Cl)cc2)C(=O)O1. The first-order valence-corrected chi connectivity index (χ1v) is 8.05. The summed E-state index contributed by atoms with van der Waals surface area (Å²) in [5.74, 6) is -0.191. The van der Waals surface area contributed by atoms with E-state index in [4.69, 9.17) is 16.3 Å². The molecule has 0 saturated heterocycles. The van der Waals surface area contributed by atoms with Gasteiger partial charge in [0.25, 0.3) is 0 Å². The van der Waals surface area contributed by atoms with Crippen LogP contribution in [0.4, 0.5) is 0 Å². The molecular weight excluding hydrogens is 320 g/mol.